The van der Waals surface area contributed by atoms with Gasteiger partial charge in [0.2, 0.25) is 29.5 Å². The number of carbonyl (C=O) groups is 5. The number of hydrogen-bond donors (Lipinski definition) is 8. The molecule has 0 radical (unpaired) electrons. The molecule has 0 rings (SSSR count). The van der Waals surface area contributed by atoms with Gasteiger partial charge in [-0.05, 0) is 76.9 Å². The second-order valence-electron chi connectivity index (χ2n) is 10.8. The Balaban J connectivity index is -0.00000154. The number of amides is 5. The van der Waals surface area contributed by atoms with E-state index in [0.29, 0.717) is 51.7 Å². The molecule has 0 aromatic carbocycles. The first-order valence-corrected chi connectivity index (χ1v) is 15.9. The van der Waals surface area contributed by atoms with Gasteiger partial charge in [-0.3, -0.25) is 24.0 Å². The van der Waals surface area contributed by atoms with Crippen molar-refractivity contribution in [2.24, 2.45) is 23.1 Å². The molecule has 13 nitrogen and oxygen atoms in total. The first-order valence-electron chi connectivity index (χ1n) is 15.9. The lowest BCUT2D eigenvalue weighted by Crippen LogP contribution is -2.53. The quantitative estimate of drug-likeness (QED) is 0.0859. The van der Waals surface area contributed by atoms with Crippen molar-refractivity contribution in [3.05, 3.63) is 0 Å². The first kappa shape index (κ1) is 44.7. The van der Waals surface area contributed by atoms with E-state index in [-0.39, 0.29) is 31.3 Å². The molecule has 0 heterocycles. The Hall–Kier alpha value is -2.77. The van der Waals surface area contributed by atoms with Crippen molar-refractivity contribution in [3.8, 4) is 0 Å². The van der Waals surface area contributed by atoms with E-state index in [0.717, 1.165) is 25.3 Å². The fourth-order valence-corrected chi connectivity index (χ4v) is 3.18. The Bertz CT molecular complexity index is 733. The van der Waals surface area contributed by atoms with E-state index in [4.69, 9.17) is 17.2 Å². The summed E-state index contributed by atoms with van der Waals surface area (Å²) in [7, 11) is 0. The summed E-state index contributed by atoms with van der Waals surface area (Å²) in [4.78, 5) is 60.8. The van der Waals surface area contributed by atoms with Crippen molar-refractivity contribution in [2.75, 3.05) is 39.3 Å². The van der Waals surface area contributed by atoms with Gasteiger partial charge < -0.3 is 43.8 Å². The van der Waals surface area contributed by atoms with E-state index in [1.165, 1.54) is 12.8 Å². The van der Waals surface area contributed by atoms with Crippen LogP contribution in [0.25, 0.3) is 0 Å². The average molecular weight is 617 g/mol. The normalized spacial score (nSPS) is 11.5. The highest BCUT2D eigenvalue weighted by atomic mass is 16.2. The van der Waals surface area contributed by atoms with Gasteiger partial charge in [-0.15, -0.1) is 0 Å². The van der Waals surface area contributed by atoms with Crippen LogP contribution in [0.1, 0.15) is 106 Å². The van der Waals surface area contributed by atoms with Crippen molar-refractivity contribution in [3.63, 3.8) is 0 Å². The minimum Gasteiger partial charge on any atom is -0.354 e. The lowest BCUT2D eigenvalue weighted by molar-refractivity contribution is -0.132. The number of nitrogens with one attached hydrogen (secondary N) is 5. The second-order valence-corrected chi connectivity index (χ2v) is 10.8. The van der Waals surface area contributed by atoms with Crippen LogP contribution in [-0.2, 0) is 24.0 Å². The largest absolute Gasteiger partial charge is 0.354 e. The van der Waals surface area contributed by atoms with Gasteiger partial charge in [-0.2, -0.15) is 0 Å². The molecule has 0 saturated heterocycles. The van der Waals surface area contributed by atoms with Crippen molar-refractivity contribution in [2.45, 2.75) is 118 Å². The van der Waals surface area contributed by atoms with Gasteiger partial charge >= 0.3 is 0 Å². The van der Waals surface area contributed by atoms with Gasteiger partial charge in [0.05, 0.1) is 13.1 Å². The van der Waals surface area contributed by atoms with Gasteiger partial charge in [0.15, 0.2) is 0 Å². The third-order valence-electron chi connectivity index (χ3n) is 5.49. The molecule has 0 aromatic rings. The highest BCUT2D eigenvalue weighted by Crippen LogP contribution is 2.03. The minimum absolute atomic E-state index is 0.243. The number of rotatable bonds is 21. The summed E-state index contributed by atoms with van der Waals surface area (Å²) in [5.74, 6) is -1.27. The van der Waals surface area contributed by atoms with Gasteiger partial charge in [-0.1, -0.05) is 48.0 Å². The lowest BCUT2D eigenvalue weighted by Gasteiger charge is -2.20. The van der Waals surface area contributed by atoms with Crippen LogP contribution in [0.3, 0.4) is 0 Å². The van der Waals surface area contributed by atoms with Gasteiger partial charge in [0.1, 0.15) is 12.1 Å². The molecule has 254 valence electrons. The van der Waals surface area contributed by atoms with E-state index >= 15 is 0 Å². The molecule has 0 aliphatic heterocycles. The van der Waals surface area contributed by atoms with E-state index < -0.39 is 29.8 Å². The van der Waals surface area contributed by atoms with Crippen LogP contribution >= 0.6 is 0 Å². The predicted octanol–water partition coefficient (Wildman–Crippen LogP) is 0.790. The summed E-state index contributed by atoms with van der Waals surface area (Å²) >= 11 is 0. The Morgan fingerprint density at radius 1 is 0.558 bits per heavy atom. The zero-order valence-electron chi connectivity index (χ0n) is 27.8. The Morgan fingerprint density at radius 2 is 0.977 bits per heavy atom. The number of unbranched alkanes of at least 4 members (excludes halogenated alkanes) is 3. The molecule has 0 saturated carbocycles. The van der Waals surface area contributed by atoms with Crippen molar-refractivity contribution in [1.82, 2.24) is 26.6 Å². The van der Waals surface area contributed by atoms with Crippen molar-refractivity contribution >= 4 is 29.5 Å². The average Bonchev–Trinajstić information content (AvgIpc) is 2.96. The zero-order valence-corrected chi connectivity index (χ0v) is 27.8. The Morgan fingerprint density at radius 3 is 1.33 bits per heavy atom. The van der Waals surface area contributed by atoms with Crippen LogP contribution < -0.4 is 43.8 Å². The van der Waals surface area contributed by atoms with Crippen LogP contribution in [-0.4, -0.2) is 80.9 Å². The smallest absolute Gasteiger partial charge is 0.243 e. The fraction of sp³-hybridized carbons (Fsp3) is 0.833. The van der Waals surface area contributed by atoms with Crippen molar-refractivity contribution < 1.29 is 24.0 Å². The zero-order chi connectivity index (χ0) is 33.5. The number of nitrogens with two attached hydrogens (primary N) is 3. The maximum Gasteiger partial charge on any atom is 0.243 e. The molecule has 0 aliphatic rings. The molecular formula is C30H64N8O5. The van der Waals surface area contributed by atoms with E-state index in [9.17, 15) is 24.0 Å². The number of hydrogen-bond acceptors (Lipinski definition) is 8. The van der Waals surface area contributed by atoms with E-state index in [2.05, 4.69) is 54.3 Å². The van der Waals surface area contributed by atoms with Gasteiger partial charge in [0, 0.05) is 13.0 Å². The van der Waals surface area contributed by atoms with Gasteiger partial charge in [-0.25, -0.2) is 0 Å². The molecule has 0 spiro atoms. The van der Waals surface area contributed by atoms with E-state index in [1.807, 2.05) is 6.92 Å². The standard InChI is InChI=1S/C22H43N7O5.C4H11N.C4H10/c1-3-13-25-21(33)16(9-5-7-11-23)28-20(32)15-27-22(34)17(10-6-8-12-24)29-19(31)14-26-18(30)4-2;1-2-3-4-5;1-4(2)3/h16-17H,3-15,23-24H2,1-2H3,(H,25,33)(H,26,30)(H,27,34)(H,28,32)(H,29,31);2-5H2,1H3;4H,1-3H3/t16-,17-;;/m0../s1. The summed E-state index contributed by atoms with van der Waals surface area (Å²) in [5.41, 5.74) is 16.2. The monoisotopic (exact) mass is 616 g/mol. The first-order chi connectivity index (χ1) is 20.4. The summed E-state index contributed by atoms with van der Waals surface area (Å²) in [6.45, 7) is 13.9. The van der Waals surface area contributed by atoms with Crippen LogP contribution in [0.5, 0.6) is 0 Å². The summed E-state index contributed by atoms with van der Waals surface area (Å²) in [6, 6.07) is -1.59. The minimum atomic E-state index is -0.876. The summed E-state index contributed by atoms with van der Waals surface area (Å²) in [6.07, 6.45) is 6.85. The molecule has 2 atom stereocenters. The maximum atomic E-state index is 12.6. The molecule has 0 aliphatic carbocycles. The third kappa shape index (κ3) is 32.0. The molecule has 43 heavy (non-hydrogen) atoms. The number of carbonyl (C=O) groups excluding carboxylic acids is 5. The van der Waals surface area contributed by atoms with Crippen LogP contribution in [0.2, 0.25) is 0 Å². The second kappa shape index (κ2) is 32.2. The van der Waals surface area contributed by atoms with Crippen LogP contribution in [0, 0.1) is 5.92 Å². The van der Waals surface area contributed by atoms with Crippen LogP contribution in [0.15, 0.2) is 0 Å². The highest BCUT2D eigenvalue weighted by Gasteiger charge is 2.23. The molecule has 13 heteroatoms. The Kier molecular flexibility index (Phi) is 33.4. The molecular weight excluding hydrogens is 552 g/mol. The topological polar surface area (TPSA) is 224 Å². The Labute approximate surface area is 260 Å². The van der Waals surface area contributed by atoms with Crippen LogP contribution in [0.4, 0.5) is 0 Å². The molecule has 5 amide bonds. The summed E-state index contributed by atoms with van der Waals surface area (Å²) < 4.78 is 0. The SMILES string of the molecule is CC(C)C.CCCCN.CCCNC(=O)[C@H](CCCCN)NC(=O)CNC(=O)[C@H](CCCCN)NC(=O)CNC(=O)CC. The molecule has 0 unspecified atom stereocenters. The third-order valence-corrected chi connectivity index (χ3v) is 5.49. The van der Waals surface area contributed by atoms with E-state index in [1.54, 1.807) is 6.92 Å². The van der Waals surface area contributed by atoms with Gasteiger partial charge in [0.25, 0.3) is 0 Å². The lowest BCUT2D eigenvalue weighted by atomic mass is 10.1. The molecule has 11 N–H and O–H groups in total. The predicted molar refractivity (Wildman–Crippen MR) is 174 cm³/mol. The molecule has 0 aromatic heterocycles. The summed E-state index contributed by atoms with van der Waals surface area (Å²) in [5, 5.41) is 13.0. The molecule has 0 fully saturated rings. The maximum absolute atomic E-state index is 12.6. The highest BCUT2D eigenvalue weighted by molar-refractivity contribution is 5.93. The molecule has 0 bridgehead atoms. The fourth-order valence-electron chi connectivity index (χ4n) is 3.18. The van der Waals surface area contributed by atoms with Crippen molar-refractivity contribution in [1.29, 1.82) is 0 Å².